The molecule has 0 saturated carbocycles. The number of aromatic hydroxyl groups is 1. The first-order chi connectivity index (χ1) is 9.76. The second-order valence-electron chi connectivity index (χ2n) is 3.30. The molecule has 3 N–H and O–H groups in total. The van der Waals surface area contributed by atoms with E-state index in [1.54, 1.807) is 24.3 Å². The van der Waals surface area contributed by atoms with Gasteiger partial charge in [-0.3, -0.25) is 0 Å². The van der Waals surface area contributed by atoms with Gasteiger partial charge in [0.05, 0.1) is 6.61 Å². The number of allylic oxidation sites excluding steroid dienone is 2. The third-order valence-corrected chi connectivity index (χ3v) is 1.80. The van der Waals surface area contributed by atoms with Crippen LogP contribution in [0.2, 0.25) is 0 Å². The Morgan fingerprint density at radius 3 is 2.20 bits per heavy atom. The van der Waals surface area contributed by atoms with Crippen molar-refractivity contribution in [3.05, 3.63) is 37.0 Å². The minimum atomic E-state index is -0.474. The molecule has 1 aromatic rings. The van der Waals surface area contributed by atoms with Gasteiger partial charge in [-0.05, 0) is 6.08 Å². The van der Waals surface area contributed by atoms with Crippen LogP contribution >= 0.6 is 0 Å². The van der Waals surface area contributed by atoms with Crippen molar-refractivity contribution in [1.29, 1.82) is 0 Å². The second kappa shape index (κ2) is 9.48. The molecular weight excluding hydrogens is 264 g/mol. The summed E-state index contributed by atoms with van der Waals surface area (Å²) in [6.07, 6.45) is 8.47. The molecule has 0 aliphatic heterocycles. The van der Waals surface area contributed by atoms with Gasteiger partial charge in [0, 0.05) is 0 Å². The van der Waals surface area contributed by atoms with Crippen molar-refractivity contribution in [2.75, 3.05) is 19.8 Å². The lowest BCUT2D eigenvalue weighted by atomic mass is 10.4. The van der Waals surface area contributed by atoms with Crippen molar-refractivity contribution in [2.45, 2.75) is 0 Å². The van der Waals surface area contributed by atoms with E-state index in [-0.39, 0.29) is 25.2 Å². The van der Waals surface area contributed by atoms with Gasteiger partial charge in [-0.25, -0.2) is 5.90 Å². The predicted molar refractivity (Wildman–Crippen MR) is 71.1 cm³/mol. The lowest BCUT2D eigenvalue weighted by Gasteiger charge is -2.04. The van der Waals surface area contributed by atoms with E-state index >= 15 is 0 Å². The van der Waals surface area contributed by atoms with Crippen molar-refractivity contribution >= 4 is 0 Å². The van der Waals surface area contributed by atoms with Crippen LogP contribution in [0.3, 0.4) is 0 Å². The highest BCUT2D eigenvalue weighted by Crippen LogP contribution is 2.13. The van der Waals surface area contributed by atoms with Crippen LogP contribution in [-0.4, -0.2) is 39.9 Å². The molecule has 0 fully saturated rings. The average Bonchev–Trinajstić information content (AvgIpc) is 2.43. The molecule has 0 saturated heterocycles. The number of hydrogen-bond donors (Lipinski definition) is 2. The first kappa shape index (κ1) is 15.6. The van der Waals surface area contributed by atoms with Crippen LogP contribution < -0.4 is 15.4 Å². The minimum absolute atomic E-state index is 0.0311. The number of aromatic nitrogens is 3. The van der Waals surface area contributed by atoms with Crippen molar-refractivity contribution in [3.8, 4) is 18.0 Å². The smallest absolute Gasteiger partial charge is 0.326 e. The molecule has 20 heavy (non-hydrogen) atoms. The normalized spacial score (nSPS) is 11.1. The summed E-state index contributed by atoms with van der Waals surface area (Å²) >= 11 is 0. The van der Waals surface area contributed by atoms with Crippen LogP contribution in [0.4, 0.5) is 0 Å². The van der Waals surface area contributed by atoms with Crippen LogP contribution in [0, 0.1) is 0 Å². The fourth-order valence-corrected chi connectivity index (χ4v) is 1.04. The zero-order valence-corrected chi connectivity index (χ0v) is 10.8. The largest absolute Gasteiger partial charge is 0.479 e. The Labute approximate surface area is 116 Å². The first-order valence-corrected chi connectivity index (χ1v) is 5.71. The third kappa shape index (κ3) is 6.47. The Bertz CT molecular complexity index is 477. The molecule has 0 atom stereocenters. The molecule has 0 spiro atoms. The van der Waals surface area contributed by atoms with E-state index < -0.39 is 6.01 Å². The molecule has 0 unspecified atom stereocenters. The summed E-state index contributed by atoms with van der Waals surface area (Å²) in [4.78, 5) is 15.4. The summed E-state index contributed by atoms with van der Waals surface area (Å²) in [7, 11) is 0. The Morgan fingerprint density at radius 2 is 1.60 bits per heavy atom. The first-order valence-electron chi connectivity index (χ1n) is 5.71. The van der Waals surface area contributed by atoms with Crippen molar-refractivity contribution in [1.82, 2.24) is 15.0 Å². The number of nitrogens with zero attached hydrogens (tertiary/aromatic N) is 3. The van der Waals surface area contributed by atoms with E-state index in [4.69, 9.17) is 15.4 Å². The molecule has 0 bridgehead atoms. The zero-order chi connectivity index (χ0) is 14.6. The number of rotatable bonds is 9. The fourth-order valence-electron chi connectivity index (χ4n) is 1.04. The molecule has 108 valence electrons. The average molecular weight is 280 g/mol. The third-order valence-electron chi connectivity index (χ3n) is 1.80. The maximum atomic E-state index is 9.29. The summed E-state index contributed by atoms with van der Waals surface area (Å²) in [5.41, 5.74) is 0. The van der Waals surface area contributed by atoms with Gasteiger partial charge in [-0.2, -0.15) is 0 Å². The fraction of sp³-hybridized carbons (Fsp3) is 0.250. The zero-order valence-electron chi connectivity index (χ0n) is 10.8. The highest BCUT2D eigenvalue weighted by atomic mass is 16.6. The summed E-state index contributed by atoms with van der Waals surface area (Å²) < 4.78 is 10.3. The van der Waals surface area contributed by atoms with Gasteiger partial charge in [0.2, 0.25) is 0 Å². The quantitative estimate of drug-likeness (QED) is 0.382. The van der Waals surface area contributed by atoms with Gasteiger partial charge in [-0.1, -0.05) is 30.9 Å². The van der Waals surface area contributed by atoms with Crippen LogP contribution in [0.15, 0.2) is 37.0 Å². The van der Waals surface area contributed by atoms with Crippen LogP contribution in [0.25, 0.3) is 0 Å². The van der Waals surface area contributed by atoms with Gasteiger partial charge in [0.1, 0.15) is 13.2 Å². The lowest BCUT2D eigenvalue weighted by molar-refractivity contribution is 0.168. The van der Waals surface area contributed by atoms with E-state index in [2.05, 4.69) is 26.4 Å². The van der Waals surface area contributed by atoms with Gasteiger partial charge in [0.15, 0.2) is 0 Å². The highest BCUT2D eigenvalue weighted by Gasteiger charge is 2.06. The van der Waals surface area contributed by atoms with Gasteiger partial charge >= 0.3 is 18.0 Å². The summed E-state index contributed by atoms with van der Waals surface area (Å²) in [5, 5.41) is 9.29. The molecule has 0 aliphatic rings. The number of hydrogen-bond acceptors (Lipinski definition) is 8. The summed E-state index contributed by atoms with van der Waals surface area (Å²) in [5.74, 6) is 4.84. The molecule has 8 nitrogen and oxygen atoms in total. The minimum Gasteiger partial charge on any atom is -0.479 e. The van der Waals surface area contributed by atoms with Crippen LogP contribution in [-0.2, 0) is 4.84 Å². The molecule has 1 aromatic heterocycles. The van der Waals surface area contributed by atoms with E-state index in [0.29, 0.717) is 6.61 Å². The Hall–Kier alpha value is -2.45. The summed E-state index contributed by atoms with van der Waals surface area (Å²) in [6.45, 7) is 4.26. The van der Waals surface area contributed by atoms with E-state index in [0.717, 1.165) is 0 Å². The van der Waals surface area contributed by atoms with E-state index in [9.17, 15) is 5.11 Å². The SMILES string of the molecule is C=CCOc1nc(O)nc(OC/C=C/C=C/CON)n1. The standard InChI is InChI=1S/C12H16N4O4/c1-2-7-18-11-14-10(17)15-12(16-11)19-8-5-3-4-6-9-20-13/h2-6H,1,7-9,13H2,(H,14,15,16,17)/b5-3+,6-4+. The maximum Gasteiger partial charge on any atom is 0.326 e. The van der Waals surface area contributed by atoms with E-state index in [1.807, 2.05) is 0 Å². The summed E-state index contributed by atoms with van der Waals surface area (Å²) in [6, 6.07) is -0.537. The number of ether oxygens (including phenoxy) is 2. The molecule has 0 aliphatic carbocycles. The number of nitrogens with two attached hydrogens (primary N) is 1. The van der Waals surface area contributed by atoms with Gasteiger partial charge in [-0.15, -0.1) is 15.0 Å². The van der Waals surface area contributed by atoms with Crippen LogP contribution in [0.1, 0.15) is 0 Å². The molecule has 0 aromatic carbocycles. The highest BCUT2D eigenvalue weighted by molar-refractivity contribution is 5.09. The lowest BCUT2D eigenvalue weighted by Crippen LogP contribution is -2.04. The predicted octanol–water partition coefficient (Wildman–Crippen LogP) is 0.523. The van der Waals surface area contributed by atoms with Gasteiger partial charge in [0.25, 0.3) is 0 Å². The topological polar surface area (TPSA) is 113 Å². The molecule has 0 amide bonds. The molecule has 1 rings (SSSR count). The van der Waals surface area contributed by atoms with Crippen LogP contribution in [0.5, 0.6) is 18.0 Å². The van der Waals surface area contributed by atoms with E-state index in [1.165, 1.54) is 6.08 Å². The maximum absolute atomic E-state index is 9.29. The Kier molecular flexibility index (Phi) is 7.39. The van der Waals surface area contributed by atoms with Crippen molar-refractivity contribution < 1.29 is 19.4 Å². The molecule has 1 heterocycles. The Balaban J connectivity index is 2.46. The van der Waals surface area contributed by atoms with Gasteiger partial charge < -0.3 is 19.4 Å². The second-order valence-corrected chi connectivity index (χ2v) is 3.30. The molecular formula is C12H16N4O4. The molecule has 0 radical (unpaired) electrons. The van der Waals surface area contributed by atoms with Crippen molar-refractivity contribution in [2.24, 2.45) is 5.90 Å². The molecule has 8 heteroatoms. The van der Waals surface area contributed by atoms with Crippen molar-refractivity contribution in [3.63, 3.8) is 0 Å². The monoisotopic (exact) mass is 280 g/mol. The Morgan fingerprint density at radius 1 is 1.00 bits per heavy atom.